The van der Waals surface area contributed by atoms with Crippen LogP contribution < -0.4 is 9.47 Å². The molecule has 0 spiro atoms. The summed E-state index contributed by atoms with van der Waals surface area (Å²) >= 11 is 0. The van der Waals surface area contributed by atoms with Gasteiger partial charge in [0.05, 0.1) is 13.2 Å². The van der Waals surface area contributed by atoms with Crippen LogP contribution in [0.3, 0.4) is 0 Å². The molecule has 0 aliphatic rings. The molecular weight excluding hydrogens is 328 g/mol. The van der Waals surface area contributed by atoms with Gasteiger partial charge in [-0.2, -0.15) is 0 Å². The van der Waals surface area contributed by atoms with Crippen LogP contribution in [0.5, 0.6) is 11.6 Å². The quantitative estimate of drug-likeness (QED) is 0.696. The predicted molar refractivity (Wildman–Crippen MR) is 100 cm³/mol. The Labute approximate surface area is 153 Å². The molecule has 0 saturated heterocycles. The molecule has 3 aromatic rings. The highest BCUT2D eigenvalue weighted by Gasteiger charge is 2.16. The standard InChI is InChI=1S/C21H22N2O3/c1-15(24)13-20(17-5-3-11-22-14-17)26-18-9-7-16(8-10-18)19-6-4-12-23-21(19)25-2/h3-12,14-15,20,24H,13H2,1-2H3/t15-,20?/m1/s1. The maximum atomic E-state index is 9.79. The van der Waals surface area contributed by atoms with Gasteiger partial charge in [0.15, 0.2) is 0 Å². The smallest absolute Gasteiger partial charge is 0.221 e. The second-order valence-corrected chi connectivity index (χ2v) is 6.06. The van der Waals surface area contributed by atoms with E-state index in [1.54, 1.807) is 32.6 Å². The maximum Gasteiger partial charge on any atom is 0.221 e. The van der Waals surface area contributed by atoms with Gasteiger partial charge < -0.3 is 14.6 Å². The van der Waals surface area contributed by atoms with Crippen LogP contribution in [-0.2, 0) is 0 Å². The van der Waals surface area contributed by atoms with Crippen LogP contribution in [-0.4, -0.2) is 28.3 Å². The van der Waals surface area contributed by atoms with Crippen molar-refractivity contribution in [3.8, 4) is 22.8 Å². The third kappa shape index (κ3) is 4.37. The van der Waals surface area contributed by atoms with Gasteiger partial charge in [-0.05, 0) is 42.8 Å². The molecule has 26 heavy (non-hydrogen) atoms. The molecule has 0 fully saturated rings. The minimum Gasteiger partial charge on any atom is -0.486 e. The number of pyridine rings is 2. The molecule has 3 rings (SSSR count). The van der Waals surface area contributed by atoms with Gasteiger partial charge in [-0.3, -0.25) is 4.98 Å². The van der Waals surface area contributed by atoms with Crippen molar-refractivity contribution in [1.29, 1.82) is 0 Å². The molecule has 134 valence electrons. The van der Waals surface area contributed by atoms with Gasteiger partial charge in [-0.1, -0.05) is 18.2 Å². The summed E-state index contributed by atoms with van der Waals surface area (Å²) in [7, 11) is 1.61. The van der Waals surface area contributed by atoms with Crippen LogP contribution >= 0.6 is 0 Å². The molecule has 2 atom stereocenters. The third-order valence-corrected chi connectivity index (χ3v) is 4.02. The lowest BCUT2D eigenvalue weighted by Gasteiger charge is -2.21. The van der Waals surface area contributed by atoms with E-state index in [0.717, 1.165) is 22.4 Å². The lowest BCUT2D eigenvalue weighted by molar-refractivity contribution is 0.106. The lowest BCUT2D eigenvalue weighted by Crippen LogP contribution is -2.14. The number of hydrogen-bond acceptors (Lipinski definition) is 5. The summed E-state index contributed by atoms with van der Waals surface area (Å²) in [5, 5.41) is 9.79. The van der Waals surface area contributed by atoms with Gasteiger partial charge in [0, 0.05) is 36.1 Å². The van der Waals surface area contributed by atoms with Crippen molar-refractivity contribution < 1.29 is 14.6 Å². The highest BCUT2D eigenvalue weighted by Crippen LogP contribution is 2.31. The van der Waals surface area contributed by atoms with Crippen LogP contribution in [0.15, 0.2) is 67.1 Å². The normalized spacial score (nSPS) is 13.0. The minimum atomic E-state index is -0.473. The monoisotopic (exact) mass is 350 g/mol. The zero-order valence-electron chi connectivity index (χ0n) is 14.9. The van der Waals surface area contributed by atoms with E-state index in [2.05, 4.69) is 9.97 Å². The Kier molecular flexibility index (Phi) is 5.81. The first-order chi connectivity index (χ1) is 12.7. The fourth-order valence-corrected chi connectivity index (χ4v) is 2.78. The molecule has 2 aromatic heterocycles. The number of nitrogens with zero attached hydrogens (tertiary/aromatic N) is 2. The van der Waals surface area contributed by atoms with Crippen molar-refractivity contribution in [2.75, 3.05) is 7.11 Å². The van der Waals surface area contributed by atoms with Crippen molar-refractivity contribution in [2.45, 2.75) is 25.6 Å². The molecule has 0 radical (unpaired) electrons. The second-order valence-electron chi connectivity index (χ2n) is 6.06. The summed E-state index contributed by atoms with van der Waals surface area (Å²) in [4.78, 5) is 8.37. The molecule has 5 nitrogen and oxygen atoms in total. The summed E-state index contributed by atoms with van der Waals surface area (Å²) in [5.74, 6) is 1.31. The van der Waals surface area contributed by atoms with E-state index in [4.69, 9.17) is 9.47 Å². The molecule has 0 aliphatic heterocycles. The van der Waals surface area contributed by atoms with Crippen molar-refractivity contribution in [1.82, 2.24) is 9.97 Å². The summed E-state index contributed by atoms with van der Waals surface area (Å²) < 4.78 is 11.4. The molecule has 5 heteroatoms. The minimum absolute atomic E-state index is 0.262. The molecule has 0 saturated carbocycles. The largest absolute Gasteiger partial charge is 0.486 e. The summed E-state index contributed by atoms with van der Waals surface area (Å²) in [6.07, 6.45) is 4.95. The van der Waals surface area contributed by atoms with Crippen molar-refractivity contribution in [3.63, 3.8) is 0 Å². The van der Waals surface area contributed by atoms with Crippen LogP contribution in [0.4, 0.5) is 0 Å². The van der Waals surface area contributed by atoms with E-state index in [-0.39, 0.29) is 6.10 Å². The number of aliphatic hydroxyl groups excluding tert-OH is 1. The first-order valence-corrected chi connectivity index (χ1v) is 8.51. The maximum absolute atomic E-state index is 9.79. The molecule has 1 unspecified atom stereocenters. The zero-order valence-corrected chi connectivity index (χ0v) is 14.9. The summed E-state index contributed by atoms with van der Waals surface area (Å²) in [6, 6.07) is 15.4. The van der Waals surface area contributed by atoms with E-state index in [1.165, 1.54) is 0 Å². The first-order valence-electron chi connectivity index (χ1n) is 8.51. The van der Waals surface area contributed by atoms with Crippen molar-refractivity contribution >= 4 is 0 Å². The Balaban J connectivity index is 1.81. The van der Waals surface area contributed by atoms with Gasteiger partial charge in [0.25, 0.3) is 0 Å². The molecule has 2 heterocycles. The predicted octanol–water partition coefficient (Wildman–Crippen LogP) is 4.04. The van der Waals surface area contributed by atoms with Crippen LogP contribution in [0, 0.1) is 0 Å². The lowest BCUT2D eigenvalue weighted by atomic mass is 10.1. The Hall–Kier alpha value is -2.92. The Morgan fingerprint density at radius 2 is 1.81 bits per heavy atom. The summed E-state index contributed by atoms with van der Waals surface area (Å²) in [6.45, 7) is 1.75. The molecular formula is C21H22N2O3. The molecule has 1 aromatic carbocycles. The fraction of sp³-hybridized carbons (Fsp3) is 0.238. The Morgan fingerprint density at radius 3 is 2.46 bits per heavy atom. The van der Waals surface area contributed by atoms with Gasteiger partial charge in [-0.15, -0.1) is 0 Å². The van der Waals surface area contributed by atoms with Gasteiger partial charge in [0.1, 0.15) is 11.9 Å². The SMILES string of the molecule is COc1ncccc1-c1ccc(OC(C[C@@H](C)O)c2cccnc2)cc1. The van der Waals surface area contributed by atoms with Crippen molar-refractivity contribution in [3.05, 3.63) is 72.7 Å². The fourth-order valence-electron chi connectivity index (χ4n) is 2.78. The van der Waals surface area contributed by atoms with E-state index < -0.39 is 6.10 Å². The third-order valence-electron chi connectivity index (χ3n) is 4.02. The number of hydrogen-bond donors (Lipinski definition) is 1. The second kappa shape index (κ2) is 8.45. The molecule has 0 aliphatic carbocycles. The Morgan fingerprint density at radius 1 is 1.04 bits per heavy atom. The van der Waals surface area contributed by atoms with Crippen LogP contribution in [0.25, 0.3) is 11.1 Å². The average molecular weight is 350 g/mol. The van der Waals surface area contributed by atoms with Crippen LogP contribution in [0.1, 0.15) is 25.0 Å². The highest BCUT2D eigenvalue weighted by atomic mass is 16.5. The van der Waals surface area contributed by atoms with Gasteiger partial charge in [-0.25, -0.2) is 4.98 Å². The van der Waals surface area contributed by atoms with E-state index in [0.29, 0.717) is 12.3 Å². The van der Waals surface area contributed by atoms with E-state index >= 15 is 0 Å². The van der Waals surface area contributed by atoms with Crippen molar-refractivity contribution in [2.24, 2.45) is 0 Å². The molecule has 1 N–H and O–H groups in total. The van der Waals surface area contributed by atoms with Gasteiger partial charge in [0.2, 0.25) is 5.88 Å². The molecule has 0 amide bonds. The number of benzene rings is 1. The molecule has 0 bridgehead atoms. The number of rotatable bonds is 7. The highest BCUT2D eigenvalue weighted by molar-refractivity contribution is 5.68. The number of ether oxygens (including phenoxy) is 2. The van der Waals surface area contributed by atoms with E-state index in [1.807, 2.05) is 48.5 Å². The zero-order chi connectivity index (χ0) is 18.4. The van der Waals surface area contributed by atoms with Crippen LogP contribution in [0.2, 0.25) is 0 Å². The number of aromatic nitrogens is 2. The van der Waals surface area contributed by atoms with E-state index in [9.17, 15) is 5.11 Å². The Bertz CT molecular complexity index is 820. The topological polar surface area (TPSA) is 64.5 Å². The number of aliphatic hydroxyl groups is 1. The summed E-state index contributed by atoms with van der Waals surface area (Å²) in [5.41, 5.74) is 2.86. The first kappa shape index (κ1) is 17.9. The van der Waals surface area contributed by atoms with Gasteiger partial charge >= 0.3 is 0 Å². The number of methoxy groups -OCH3 is 1. The average Bonchev–Trinajstić information content (AvgIpc) is 2.68.